The zero-order valence-electron chi connectivity index (χ0n) is 15.7. The number of hydrogen-bond acceptors (Lipinski definition) is 3. The molecule has 2 atom stereocenters. The maximum Gasteiger partial charge on any atom is 0.220 e. The minimum Gasteiger partial charge on any atom is -0.390 e. The van der Waals surface area contributed by atoms with E-state index in [1.807, 2.05) is 31.2 Å². The molecule has 3 N–H and O–H groups in total. The minimum absolute atomic E-state index is 0.135. The van der Waals surface area contributed by atoms with Gasteiger partial charge in [-0.05, 0) is 70.8 Å². The van der Waals surface area contributed by atoms with E-state index in [1.165, 1.54) is 12.1 Å². The number of aliphatic hydroxyl groups excluding tert-OH is 1. The molecule has 0 saturated heterocycles. The summed E-state index contributed by atoms with van der Waals surface area (Å²) in [5, 5.41) is 16.6. The maximum atomic E-state index is 13.5. The van der Waals surface area contributed by atoms with Crippen LogP contribution in [0.2, 0.25) is 0 Å². The van der Waals surface area contributed by atoms with E-state index < -0.39 is 23.8 Å². The molecular formula is C21H25F2IN2O2. The van der Waals surface area contributed by atoms with Crippen molar-refractivity contribution in [1.82, 2.24) is 10.6 Å². The van der Waals surface area contributed by atoms with Crippen LogP contribution in [0, 0.1) is 15.2 Å². The van der Waals surface area contributed by atoms with Gasteiger partial charge in [0.05, 0.1) is 12.1 Å². The summed E-state index contributed by atoms with van der Waals surface area (Å²) >= 11 is 2.23. The lowest BCUT2D eigenvalue weighted by molar-refractivity contribution is -0.122. The third-order valence-corrected chi connectivity index (χ3v) is 4.91. The van der Waals surface area contributed by atoms with Gasteiger partial charge in [-0.1, -0.05) is 19.1 Å². The van der Waals surface area contributed by atoms with E-state index >= 15 is 0 Å². The van der Waals surface area contributed by atoms with Crippen molar-refractivity contribution in [3.05, 3.63) is 68.8 Å². The van der Waals surface area contributed by atoms with E-state index in [1.54, 1.807) is 0 Å². The summed E-state index contributed by atoms with van der Waals surface area (Å²) in [4.78, 5) is 12.0. The van der Waals surface area contributed by atoms with Crippen LogP contribution >= 0.6 is 22.6 Å². The molecule has 0 aliphatic rings. The Morgan fingerprint density at radius 1 is 1.14 bits per heavy atom. The van der Waals surface area contributed by atoms with Gasteiger partial charge in [-0.2, -0.15) is 0 Å². The SMILES string of the molecule is CCCC(=O)N[C@@H](Cc1cc(F)cc(F)c1)[C@H](O)CNCc1cccc(I)c1. The summed E-state index contributed by atoms with van der Waals surface area (Å²) < 4.78 is 28.1. The minimum atomic E-state index is -0.907. The average molecular weight is 502 g/mol. The highest BCUT2D eigenvalue weighted by Gasteiger charge is 2.22. The molecule has 0 spiro atoms. The Morgan fingerprint density at radius 2 is 1.86 bits per heavy atom. The molecular weight excluding hydrogens is 477 g/mol. The summed E-state index contributed by atoms with van der Waals surface area (Å²) in [5.41, 5.74) is 1.47. The van der Waals surface area contributed by atoms with E-state index in [9.17, 15) is 18.7 Å². The van der Waals surface area contributed by atoms with Gasteiger partial charge in [-0.3, -0.25) is 4.79 Å². The van der Waals surface area contributed by atoms with Gasteiger partial charge in [0.2, 0.25) is 5.91 Å². The second kappa shape index (κ2) is 11.4. The van der Waals surface area contributed by atoms with Gasteiger partial charge >= 0.3 is 0 Å². The van der Waals surface area contributed by atoms with Crippen molar-refractivity contribution in [2.45, 2.75) is 44.9 Å². The first kappa shape index (κ1) is 22.7. The number of benzene rings is 2. The molecule has 7 heteroatoms. The second-order valence-corrected chi connectivity index (χ2v) is 7.98. The maximum absolute atomic E-state index is 13.5. The molecule has 0 radical (unpaired) electrons. The van der Waals surface area contributed by atoms with Crippen molar-refractivity contribution in [2.24, 2.45) is 0 Å². The number of hydrogen-bond donors (Lipinski definition) is 3. The molecule has 1 amide bonds. The topological polar surface area (TPSA) is 61.4 Å². The van der Waals surface area contributed by atoms with Crippen molar-refractivity contribution in [2.75, 3.05) is 6.54 Å². The Morgan fingerprint density at radius 3 is 2.50 bits per heavy atom. The standard InChI is InChI=1S/C21H25F2IN2O2/c1-2-4-21(28)26-19(10-15-7-16(22)11-17(23)8-15)20(27)13-25-12-14-5-3-6-18(24)9-14/h3,5-9,11,19-20,25,27H,2,4,10,12-13H2,1H3,(H,26,28)/t19-,20+/m0/s1. The van der Waals surface area contributed by atoms with Gasteiger partial charge in [0.15, 0.2) is 0 Å². The van der Waals surface area contributed by atoms with Gasteiger partial charge in [0.25, 0.3) is 0 Å². The number of amides is 1. The van der Waals surface area contributed by atoms with Crippen LogP contribution in [0.25, 0.3) is 0 Å². The molecule has 0 aliphatic heterocycles. The van der Waals surface area contributed by atoms with Crippen molar-refractivity contribution >= 4 is 28.5 Å². The first-order valence-electron chi connectivity index (χ1n) is 9.25. The molecule has 2 aromatic carbocycles. The Bertz CT molecular complexity index is 769. The van der Waals surface area contributed by atoms with E-state index in [4.69, 9.17) is 0 Å². The number of nitrogens with one attached hydrogen (secondary N) is 2. The highest BCUT2D eigenvalue weighted by atomic mass is 127. The predicted molar refractivity (Wildman–Crippen MR) is 114 cm³/mol. The largest absolute Gasteiger partial charge is 0.390 e. The van der Waals surface area contributed by atoms with Gasteiger partial charge in [0, 0.05) is 29.1 Å². The molecule has 28 heavy (non-hydrogen) atoms. The number of carbonyl (C=O) groups excluding carboxylic acids is 1. The van der Waals surface area contributed by atoms with Crippen molar-refractivity contribution in [1.29, 1.82) is 0 Å². The Labute approximate surface area is 177 Å². The molecule has 0 bridgehead atoms. The third-order valence-electron chi connectivity index (χ3n) is 4.24. The summed E-state index contributed by atoms with van der Waals surface area (Å²) in [5.74, 6) is -1.55. The van der Waals surface area contributed by atoms with Crippen LogP contribution in [-0.2, 0) is 17.8 Å². The van der Waals surface area contributed by atoms with Crippen molar-refractivity contribution < 1.29 is 18.7 Å². The summed E-state index contributed by atoms with van der Waals surface area (Å²) in [6.07, 6.45) is 0.232. The smallest absolute Gasteiger partial charge is 0.220 e. The third kappa shape index (κ3) is 7.81. The van der Waals surface area contributed by atoms with E-state index in [0.717, 1.165) is 15.2 Å². The summed E-state index contributed by atoms with van der Waals surface area (Å²) in [7, 11) is 0. The molecule has 0 saturated carbocycles. The predicted octanol–water partition coefficient (Wildman–Crippen LogP) is 3.55. The molecule has 0 fully saturated rings. The molecule has 4 nitrogen and oxygen atoms in total. The number of rotatable bonds is 10. The highest BCUT2D eigenvalue weighted by Crippen LogP contribution is 2.13. The fourth-order valence-electron chi connectivity index (χ4n) is 2.93. The monoisotopic (exact) mass is 502 g/mol. The Balaban J connectivity index is 2.00. The first-order chi connectivity index (χ1) is 13.4. The zero-order valence-corrected chi connectivity index (χ0v) is 17.9. The number of aliphatic hydroxyl groups is 1. The fraction of sp³-hybridized carbons (Fsp3) is 0.381. The highest BCUT2D eigenvalue weighted by molar-refractivity contribution is 14.1. The average Bonchev–Trinajstić information content (AvgIpc) is 2.60. The van der Waals surface area contributed by atoms with E-state index in [-0.39, 0.29) is 18.9 Å². The molecule has 0 aromatic heterocycles. The van der Waals surface area contributed by atoms with Crippen LogP contribution in [-0.4, -0.2) is 29.7 Å². The fourth-order valence-corrected chi connectivity index (χ4v) is 3.53. The van der Waals surface area contributed by atoms with Crippen LogP contribution in [0.4, 0.5) is 8.78 Å². The number of carbonyl (C=O) groups is 1. The quantitative estimate of drug-likeness (QED) is 0.436. The van der Waals surface area contributed by atoms with Gasteiger partial charge in [-0.25, -0.2) is 8.78 Å². The summed E-state index contributed by atoms with van der Waals surface area (Å²) in [6, 6.07) is 10.6. The molecule has 0 unspecified atom stereocenters. The zero-order chi connectivity index (χ0) is 20.5. The lowest BCUT2D eigenvalue weighted by atomic mass is 10.00. The Hall–Kier alpha value is -1.58. The van der Waals surface area contributed by atoms with Gasteiger partial charge < -0.3 is 15.7 Å². The van der Waals surface area contributed by atoms with Crippen LogP contribution in [0.1, 0.15) is 30.9 Å². The van der Waals surface area contributed by atoms with Crippen molar-refractivity contribution in [3.63, 3.8) is 0 Å². The summed E-state index contributed by atoms with van der Waals surface area (Å²) in [6.45, 7) is 2.69. The Kier molecular flexibility index (Phi) is 9.27. The van der Waals surface area contributed by atoms with E-state index in [0.29, 0.717) is 24.9 Å². The van der Waals surface area contributed by atoms with E-state index in [2.05, 4.69) is 33.2 Å². The molecule has 152 valence electrons. The normalized spacial score (nSPS) is 13.2. The van der Waals surface area contributed by atoms with Crippen LogP contribution in [0.5, 0.6) is 0 Å². The van der Waals surface area contributed by atoms with Crippen LogP contribution in [0.3, 0.4) is 0 Å². The molecule has 0 aliphatic carbocycles. The lowest BCUT2D eigenvalue weighted by Crippen LogP contribution is -2.48. The lowest BCUT2D eigenvalue weighted by Gasteiger charge is -2.25. The van der Waals surface area contributed by atoms with Gasteiger partial charge in [0.1, 0.15) is 11.6 Å². The number of halogens is 3. The molecule has 2 rings (SSSR count). The second-order valence-electron chi connectivity index (χ2n) is 6.73. The first-order valence-corrected chi connectivity index (χ1v) is 10.3. The van der Waals surface area contributed by atoms with Crippen LogP contribution < -0.4 is 10.6 Å². The van der Waals surface area contributed by atoms with Crippen LogP contribution in [0.15, 0.2) is 42.5 Å². The molecule has 2 aromatic rings. The van der Waals surface area contributed by atoms with Gasteiger partial charge in [-0.15, -0.1) is 0 Å². The molecule has 0 heterocycles. The van der Waals surface area contributed by atoms with Crippen molar-refractivity contribution in [3.8, 4) is 0 Å².